The summed E-state index contributed by atoms with van der Waals surface area (Å²) < 4.78 is 75.8. The molecular weight excluding hydrogens is 404 g/mol. The lowest BCUT2D eigenvalue weighted by molar-refractivity contribution is -0.159. The largest absolute Gasteiger partial charge is 0.473 e. The average Bonchev–Trinajstić information content (AvgIpc) is 2.59. The van der Waals surface area contributed by atoms with E-state index in [4.69, 9.17) is 19.8 Å². The van der Waals surface area contributed by atoms with E-state index in [0.717, 1.165) is 19.6 Å². The first kappa shape index (κ1) is 25.5. The van der Waals surface area contributed by atoms with Gasteiger partial charge in [-0.25, -0.2) is 18.4 Å². The molecule has 0 saturated carbocycles. The smallest absolute Gasteiger partial charge is 0.414 e. The third-order valence-corrected chi connectivity index (χ3v) is 4.66. The molecule has 9 nitrogen and oxygen atoms in total. The van der Waals surface area contributed by atoms with Crippen LogP contribution in [0.5, 0.6) is 0 Å². The van der Waals surface area contributed by atoms with Gasteiger partial charge in [-0.1, -0.05) is 6.92 Å². The number of carboxylic acids is 2. The maximum Gasteiger partial charge on any atom is 0.414 e. The quantitative estimate of drug-likeness (QED) is 0.314. The molecule has 0 aromatic carbocycles. The Bertz CT molecular complexity index is 569. The van der Waals surface area contributed by atoms with Crippen LogP contribution in [0.3, 0.4) is 0 Å². The van der Waals surface area contributed by atoms with Crippen LogP contribution in [0.4, 0.5) is 17.6 Å². The number of alkyl halides is 4. The van der Waals surface area contributed by atoms with E-state index in [2.05, 4.69) is 9.08 Å². The van der Waals surface area contributed by atoms with E-state index in [9.17, 15) is 26.0 Å². The minimum atomic E-state index is -4.46. The summed E-state index contributed by atoms with van der Waals surface area (Å²) >= 11 is 0. The fourth-order valence-corrected chi connectivity index (χ4v) is 2.80. The van der Waals surface area contributed by atoms with Gasteiger partial charge in [0.1, 0.15) is 6.61 Å². The van der Waals surface area contributed by atoms with Gasteiger partial charge in [0.25, 0.3) is 10.1 Å². The summed E-state index contributed by atoms with van der Waals surface area (Å²) in [5.74, 6) is -8.59. The third kappa shape index (κ3) is 11.0. The van der Waals surface area contributed by atoms with E-state index < -0.39 is 46.8 Å². The molecule has 160 valence electrons. The molecule has 0 atom stereocenters. The molecule has 1 aliphatic rings. The summed E-state index contributed by atoms with van der Waals surface area (Å²) in [7, 11) is -4.24. The van der Waals surface area contributed by atoms with Crippen LogP contribution in [0.1, 0.15) is 6.92 Å². The Labute approximate surface area is 153 Å². The molecule has 0 unspecified atom stereocenters. The SMILES string of the molecule is CCN1CCN(CCS(=O)(=O)OCC(F)(F)C(F)F)CC1.O=C(O)C(=O)O. The number of aliphatic carboxylic acids is 2. The number of carbonyl (C=O) groups is 2. The number of carboxylic acid groups (broad SMARTS) is 2. The number of piperazine rings is 1. The number of nitrogens with zero attached hydrogens (tertiary/aromatic N) is 2. The Morgan fingerprint density at radius 1 is 1.07 bits per heavy atom. The highest BCUT2D eigenvalue weighted by Gasteiger charge is 2.42. The maximum atomic E-state index is 12.6. The van der Waals surface area contributed by atoms with Crippen LogP contribution >= 0.6 is 0 Å². The summed E-state index contributed by atoms with van der Waals surface area (Å²) in [5, 5.41) is 14.8. The molecule has 0 amide bonds. The van der Waals surface area contributed by atoms with Crippen molar-refractivity contribution in [3.05, 3.63) is 0 Å². The zero-order valence-corrected chi connectivity index (χ0v) is 15.3. The first-order valence-corrected chi connectivity index (χ1v) is 9.32. The Kier molecular flexibility index (Phi) is 10.7. The van der Waals surface area contributed by atoms with Crippen molar-refractivity contribution in [1.29, 1.82) is 0 Å². The molecule has 2 N–H and O–H groups in total. The summed E-state index contributed by atoms with van der Waals surface area (Å²) in [4.78, 5) is 22.3. The average molecular weight is 426 g/mol. The van der Waals surface area contributed by atoms with Crippen LogP contribution in [-0.4, -0.2) is 104 Å². The molecule has 0 spiro atoms. The van der Waals surface area contributed by atoms with Gasteiger partial charge in [-0.2, -0.15) is 17.2 Å². The second-order valence-corrected chi connectivity index (χ2v) is 7.23. The summed E-state index contributed by atoms with van der Waals surface area (Å²) in [6, 6.07) is 0. The van der Waals surface area contributed by atoms with Gasteiger partial charge in [-0.3, -0.25) is 9.08 Å². The highest BCUT2D eigenvalue weighted by Crippen LogP contribution is 2.23. The predicted octanol–water partition coefficient (Wildman–Crippen LogP) is 0.0263. The molecule has 1 fully saturated rings. The van der Waals surface area contributed by atoms with Crippen molar-refractivity contribution in [2.45, 2.75) is 19.3 Å². The van der Waals surface area contributed by atoms with E-state index in [1.807, 2.05) is 11.8 Å². The molecule has 0 aromatic heterocycles. The Balaban J connectivity index is 0.000000972. The van der Waals surface area contributed by atoms with Crippen molar-refractivity contribution in [3.8, 4) is 0 Å². The van der Waals surface area contributed by atoms with Gasteiger partial charge >= 0.3 is 24.3 Å². The van der Waals surface area contributed by atoms with Crippen molar-refractivity contribution in [1.82, 2.24) is 9.80 Å². The number of rotatable bonds is 8. The van der Waals surface area contributed by atoms with Gasteiger partial charge in [0.05, 0.1) is 5.75 Å². The van der Waals surface area contributed by atoms with Gasteiger partial charge in [0, 0.05) is 32.7 Å². The second-order valence-electron chi connectivity index (χ2n) is 5.47. The zero-order valence-electron chi connectivity index (χ0n) is 14.5. The molecule has 1 rings (SSSR count). The zero-order chi connectivity index (χ0) is 21.3. The van der Waals surface area contributed by atoms with Crippen LogP contribution in [0.15, 0.2) is 0 Å². The van der Waals surface area contributed by atoms with E-state index >= 15 is 0 Å². The minimum Gasteiger partial charge on any atom is -0.473 e. The first-order valence-electron chi connectivity index (χ1n) is 7.74. The van der Waals surface area contributed by atoms with E-state index in [-0.39, 0.29) is 6.54 Å². The Hall–Kier alpha value is -1.51. The number of hydrogen-bond acceptors (Lipinski definition) is 7. The highest BCUT2D eigenvalue weighted by atomic mass is 32.2. The second kappa shape index (κ2) is 11.4. The molecule has 1 saturated heterocycles. The summed E-state index contributed by atoms with van der Waals surface area (Å²) in [5.41, 5.74) is 0. The third-order valence-electron chi connectivity index (χ3n) is 3.50. The molecule has 1 aliphatic heterocycles. The van der Waals surface area contributed by atoms with Crippen molar-refractivity contribution < 1.29 is 50.0 Å². The Morgan fingerprint density at radius 3 is 1.89 bits per heavy atom. The summed E-state index contributed by atoms with van der Waals surface area (Å²) in [6.45, 7) is 4.22. The van der Waals surface area contributed by atoms with Crippen LogP contribution in [0.2, 0.25) is 0 Å². The van der Waals surface area contributed by atoms with Gasteiger partial charge in [0.15, 0.2) is 0 Å². The Morgan fingerprint density at radius 2 is 1.52 bits per heavy atom. The van der Waals surface area contributed by atoms with Gasteiger partial charge in [-0.05, 0) is 6.54 Å². The molecule has 0 radical (unpaired) electrons. The van der Waals surface area contributed by atoms with Crippen LogP contribution in [0, 0.1) is 0 Å². The molecule has 0 aliphatic carbocycles. The lowest BCUT2D eigenvalue weighted by atomic mass is 10.3. The monoisotopic (exact) mass is 426 g/mol. The van der Waals surface area contributed by atoms with Gasteiger partial charge < -0.3 is 15.1 Å². The standard InChI is InChI=1S/C11H20F4N2O3S.C2H2O4/c1-2-16-3-5-17(6-4-16)7-8-21(18,19)20-9-11(14,15)10(12)13;3-1(4)2(5)6/h10H,2-9H2,1H3;(H,3,4)(H,5,6). The van der Waals surface area contributed by atoms with Crippen molar-refractivity contribution in [2.24, 2.45) is 0 Å². The number of likely N-dealkylation sites (N-methyl/N-ethyl adjacent to an activating group) is 1. The maximum absolute atomic E-state index is 12.6. The lowest BCUT2D eigenvalue weighted by Crippen LogP contribution is -2.47. The van der Waals surface area contributed by atoms with E-state index in [0.29, 0.717) is 13.1 Å². The predicted molar refractivity (Wildman–Crippen MR) is 84.5 cm³/mol. The van der Waals surface area contributed by atoms with E-state index in [1.165, 1.54) is 0 Å². The first-order chi connectivity index (χ1) is 12.3. The molecule has 0 bridgehead atoms. The minimum absolute atomic E-state index is 0.139. The summed E-state index contributed by atoms with van der Waals surface area (Å²) in [6.07, 6.45) is -3.95. The highest BCUT2D eigenvalue weighted by molar-refractivity contribution is 7.86. The lowest BCUT2D eigenvalue weighted by Gasteiger charge is -2.33. The molecule has 1 heterocycles. The normalized spacial score (nSPS) is 16.7. The van der Waals surface area contributed by atoms with Gasteiger partial charge in [-0.15, -0.1) is 0 Å². The molecule has 14 heteroatoms. The number of hydrogen-bond donors (Lipinski definition) is 2. The fraction of sp³-hybridized carbons (Fsp3) is 0.846. The van der Waals surface area contributed by atoms with Gasteiger partial charge in [0.2, 0.25) is 0 Å². The van der Waals surface area contributed by atoms with Crippen LogP contribution < -0.4 is 0 Å². The molecular formula is C13H22F4N2O7S. The van der Waals surface area contributed by atoms with Crippen LogP contribution in [-0.2, 0) is 23.9 Å². The fourth-order valence-electron chi connectivity index (χ4n) is 1.86. The van der Waals surface area contributed by atoms with Crippen molar-refractivity contribution >= 4 is 22.1 Å². The number of halogens is 4. The van der Waals surface area contributed by atoms with Crippen molar-refractivity contribution in [2.75, 3.05) is 51.6 Å². The van der Waals surface area contributed by atoms with Crippen molar-refractivity contribution in [3.63, 3.8) is 0 Å². The topological polar surface area (TPSA) is 124 Å². The van der Waals surface area contributed by atoms with Crippen LogP contribution in [0.25, 0.3) is 0 Å². The molecule has 27 heavy (non-hydrogen) atoms. The molecule has 0 aromatic rings. The van der Waals surface area contributed by atoms with E-state index in [1.54, 1.807) is 0 Å².